The van der Waals surface area contributed by atoms with Gasteiger partial charge in [0.05, 0.1) is 19.2 Å². The number of halogens is 1. The zero-order chi connectivity index (χ0) is 16.9. The van der Waals surface area contributed by atoms with E-state index in [-0.39, 0.29) is 18.2 Å². The van der Waals surface area contributed by atoms with E-state index in [1.807, 2.05) is 18.2 Å². The first kappa shape index (κ1) is 16.6. The van der Waals surface area contributed by atoms with Crippen molar-refractivity contribution in [1.82, 2.24) is 10.2 Å². The fraction of sp³-hybridized carbons (Fsp3) is 0.333. The van der Waals surface area contributed by atoms with Crippen LogP contribution < -0.4 is 5.32 Å². The Hall–Kier alpha value is -2.27. The molecule has 24 heavy (non-hydrogen) atoms. The summed E-state index contributed by atoms with van der Waals surface area (Å²) in [5, 5.41) is 3.41. The zero-order valence-corrected chi connectivity index (χ0v) is 14.0. The Bertz CT molecular complexity index is 715. The number of hydrogen-bond donors (Lipinski definition) is 1. The molecule has 126 valence electrons. The Morgan fingerprint density at radius 1 is 1.25 bits per heavy atom. The molecule has 3 rings (SSSR count). The molecule has 1 saturated heterocycles. The molecule has 0 aliphatic carbocycles. The third-order valence-electron chi connectivity index (χ3n) is 4.19. The molecule has 0 spiro atoms. The van der Waals surface area contributed by atoms with Gasteiger partial charge in [-0.05, 0) is 36.6 Å². The van der Waals surface area contributed by atoms with Gasteiger partial charge in [0.15, 0.2) is 0 Å². The van der Waals surface area contributed by atoms with E-state index in [9.17, 15) is 9.59 Å². The lowest BCUT2D eigenvalue weighted by Crippen LogP contribution is -2.46. The Balaban J connectivity index is 1.61. The first-order valence-electron chi connectivity index (χ1n) is 7.98. The number of furan rings is 1. The van der Waals surface area contributed by atoms with Gasteiger partial charge in [0.25, 0.3) is 0 Å². The number of rotatable bonds is 5. The summed E-state index contributed by atoms with van der Waals surface area (Å²) >= 11 is 6.12. The number of carbonyl (C=O) groups is 2. The number of nitrogens with zero attached hydrogens (tertiary/aromatic N) is 1. The van der Waals surface area contributed by atoms with Crippen LogP contribution in [-0.4, -0.2) is 29.3 Å². The fourth-order valence-electron chi connectivity index (χ4n) is 2.95. The molecule has 1 atom stereocenters. The molecule has 1 aromatic heterocycles. The van der Waals surface area contributed by atoms with Crippen LogP contribution in [0.15, 0.2) is 47.1 Å². The van der Waals surface area contributed by atoms with Crippen LogP contribution in [0.25, 0.3) is 0 Å². The summed E-state index contributed by atoms with van der Waals surface area (Å²) in [4.78, 5) is 26.6. The van der Waals surface area contributed by atoms with Crippen molar-refractivity contribution in [2.24, 2.45) is 0 Å². The van der Waals surface area contributed by atoms with E-state index in [1.54, 1.807) is 29.4 Å². The zero-order valence-electron chi connectivity index (χ0n) is 13.2. The predicted octanol–water partition coefficient (Wildman–Crippen LogP) is 2.78. The monoisotopic (exact) mass is 346 g/mol. The molecule has 2 heterocycles. The lowest BCUT2D eigenvalue weighted by molar-refractivity contribution is -0.138. The molecule has 0 radical (unpaired) electrons. The van der Waals surface area contributed by atoms with Crippen LogP contribution in [0.5, 0.6) is 0 Å². The molecular weight excluding hydrogens is 328 g/mol. The van der Waals surface area contributed by atoms with Crippen molar-refractivity contribution in [2.45, 2.75) is 31.8 Å². The summed E-state index contributed by atoms with van der Waals surface area (Å²) in [7, 11) is 0. The van der Waals surface area contributed by atoms with Gasteiger partial charge >= 0.3 is 0 Å². The average molecular weight is 347 g/mol. The number of carbonyl (C=O) groups excluding carboxylic acids is 2. The highest BCUT2D eigenvalue weighted by Crippen LogP contribution is 2.21. The SMILES string of the molecule is O=C(NCc1ccco1)[C@@H]1CCCN1C(=O)Cc1ccccc1Cl. The molecule has 1 aromatic carbocycles. The van der Waals surface area contributed by atoms with Crippen molar-refractivity contribution in [3.05, 3.63) is 59.0 Å². The van der Waals surface area contributed by atoms with Gasteiger partial charge in [-0.2, -0.15) is 0 Å². The Morgan fingerprint density at radius 3 is 2.83 bits per heavy atom. The smallest absolute Gasteiger partial charge is 0.243 e. The van der Waals surface area contributed by atoms with Crippen LogP contribution in [0, 0.1) is 0 Å². The van der Waals surface area contributed by atoms with E-state index in [0.29, 0.717) is 30.3 Å². The van der Waals surface area contributed by atoms with Crippen molar-refractivity contribution < 1.29 is 14.0 Å². The Morgan fingerprint density at radius 2 is 2.08 bits per heavy atom. The predicted molar refractivity (Wildman–Crippen MR) is 90.4 cm³/mol. The molecule has 1 aliphatic heterocycles. The van der Waals surface area contributed by atoms with Gasteiger partial charge in [-0.25, -0.2) is 0 Å². The minimum Gasteiger partial charge on any atom is -0.467 e. The highest BCUT2D eigenvalue weighted by molar-refractivity contribution is 6.31. The van der Waals surface area contributed by atoms with E-state index in [0.717, 1.165) is 12.0 Å². The van der Waals surface area contributed by atoms with Crippen LogP contribution in [0.4, 0.5) is 0 Å². The van der Waals surface area contributed by atoms with Crippen LogP contribution in [0.1, 0.15) is 24.2 Å². The summed E-state index contributed by atoms with van der Waals surface area (Å²) in [6.07, 6.45) is 3.28. The van der Waals surface area contributed by atoms with Crippen molar-refractivity contribution >= 4 is 23.4 Å². The normalized spacial score (nSPS) is 17.0. The van der Waals surface area contributed by atoms with Crippen LogP contribution in [0.3, 0.4) is 0 Å². The lowest BCUT2D eigenvalue weighted by atomic mass is 10.1. The number of likely N-dealkylation sites (tertiary alicyclic amines) is 1. The van der Waals surface area contributed by atoms with Gasteiger partial charge < -0.3 is 14.6 Å². The molecule has 5 nitrogen and oxygen atoms in total. The highest BCUT2D eigenvalue weighted by Gasteiger charge is 2.33. The van der Waals surface area contributed by atoms with E-state index in [4.69, 9.17) is 16.0 Å². The molecular formula is C18H19ClN2O3. The number of benzene rings is 1. The summed E-state index contributed by atoms with van der Waals surface area (Å²) in [6, 6.07) is 10.4. The van der Waals surface area contributed by atoms with E-state index >= 15 is 0 Å². The molecule has 2 aromatic rings. The largest absolute Gasteiger partial charge is 0.467 e. The van der Waals surface area contributed by atoms with E-state index in [1.165, 1.54) is 0 Å². The molecule has 0 bridgehead atoms. The lowest BCUT2D eigenvalue weighted by Gasteiger charge is -2.24. The Kier molecular flexibility index (Phi) is 5.20. The molecule has 0 saturated carbocycles. The molecule has 1 aliphatic rings. The van der Waals surface area contributed by atoms with Crippen molar-refractivity contribution in [3.63, 3.8) is 0 Å². The maximum absolute atomic E-state index is 12.6. The maximum atomic E-state index is 12.6. The van der Waals surface area contributed by atoms with E-state index in [2.05, 4.69) is 5.32 Å². The number of nitrogens with one attached hydrogen (secondary N) is 1. The summed E-state index contributed by atoms with van der Waals surface area (Å²) < 4.78 is 5.20. The summed E-state index contributed by atoms with van der Waals surface area (Å²) in [5.74, 6) is 0.477. The molecule has 1 N–H and O–H groups in total. The second-order valence-electron chi connectivity index (χ2n) is 5.81. The van der Waals surface area contributed by atoms with Gasteiger partial charge in [0, 0.05) is 11.6 Å². The molecule has 0 unspecified atom stereocenters. The van der Waals surface area contributed by atoms with Crippen LogP contribution in [0.2, 0.25) is 5.02 Å². The first-order valence-corrected chi connectivity index (χ1v) is 8.36. The second kappa shape index (κ2) is 7.53. The third kappa shape index (κ3) is 3.79. The van der Waals surface area contributed by atoms with E-state index < -0.39 is 6.04 Å². The van der Waals surface area contributed by atoms with Gasteiger partial charge in [-0.15, -0.1) is 0 Å². The van der Waals surface area contributed by atoms with Crippen molar-refractivity contribution in [1.29, 1.82) is 0 Å². The second-order valence-corrected chi connectivity index (χ2v) is 6.22. The summed E-state index contributed by atoms with van der Waals surface area (Å²) in [6.45, 7) is 0.928. The molecule has 6 heteroatoms. The average Bonchev–Trinajstić information content (AvgIpc) is 3.26. The van der Waals surface area contributed by atoms with Crippen LogP contribution in [-0.2, 0) is 22.6 Å². The molecule has 1 fully saturated rings. The van der Waals surface area contributed by atoms with Crippen molar-refractivity contribution in [3.8, 4) is 0 Å². The fourth-order valence-corrected chi connectivity index (χ4v) is 3.15. The topological polar surface area (TPSA) is 62.6 Å². The first-order chi connectivity index (χ1) is 11.6. The molecule has 2 amide bonds. The minimum absolute atomic E-state index is 0.0706. The standard InChI is InChI=1S/C18H19ClN2O3/c19-15-7-2-1-5-13(15)11-17(22)21-9-3-8-16(21)18(23)20-12-14-6-4-10-24-14/h1-2,4-7,10,16H,3,8-9,11-12H2,(H,20,23)/t16-/m0/s1. The minimum atomic E-state index is -0.421. The number of amides is 2. The summed E-state index contributed by atoms with van der Waals surface area (Å²) in [5.41, 5.74) is 0.783. The number of hydrogen-bond acceptors (Lipinski definition) is 3. The Labute approximate surface area is 145 Å². The maximum Gasteiger partial charge on any atom is 0.243 e. The van der Waals surface area contributed by atoms with Crippen LogP contribution >= 0.6 is 11.6 Å². The third-order valence-corrected chi connectivity index (χ3v) is 4.56. The quantitative estimate of drug-likeness (QED) is 0.905. The van der Waals surface area contributed by atoms with Crippen molar-refractivity contribution in [2.75, 3.05) is 6.54 Å². The van der Waals surface area contributed by atoms with Gasteiger partial charge in [0.2, 0.25) is 11.8 Å². The van der Waals surface area contributed by atoms with Gasteiger partial charge in [-0.3, -0.25) is 9.59 Å². The highest BCUT2D eigenvalue weighted by atomic mass is 35.5. The van der Waals surface area contributed by atoms with Gasteiger partial charge in [0.1, 0.15) is 11.8 Å². The van der Waals surface area contributed by atoms with Gasteiger partial charge in [-0.1, -0.05) is 29.8 Å².